The molecule has 3 aliphatic heterocycles. The van der Waals surface area contributed by atoms with Crippen molar-refractivity contribution in [3.8, 4) is 0 Å². The average Bonchev–Trinajstić information content (AvgIpc) is 3.37. The third-order valence-electron chi connectivity index (χ3n) is 7.35. The van der Waals surface area contributed by atoms with Crippen LogP contribution in [0.3, 0.4) is 0 Å². The van der Waals surface area contributed by atoms with Gasteiger partial charge in [0.05, 0.1) is 5.56 Å². The van der Waals surface area contributed by atoms with Gasteiger partial charge in [-0.3, -0.25) is 19.3 Å². The number of carbonyl (C=O) groups excluding carboxylic acids is 3. The molecule has 184 valence electrons. The standard InChI is InChI=1S/C25H23F4N3O3/c1-12-7-15(4-6-19(12)26)31-22(34)14-3-5-20(27)18(8-14)25(28,29)23(35)24-11-17-9-16(30-13(2)33)10-21(24)32(17)24/h3-8,16-17,21H,9-11H2,1-2H3,(H,30,33)(H,31,34)/t16-,17+,21-,24?,32?/m1/s1. The molecule has 0 spiro atoms. The molecule has 3 aliphatic rings. The summed E-state index contributed by atoms with van der Waals surface area (Å²) in [6.45, 7) is 2.88. The molecule has 0 aromatic heterocycles. The fraction of sp³-hybridized carbons (Fsp3) is 0.400. The van der Waals surface area contributed by atoms with Gasteiger partial charge in [-0.25, -0.2) is 8.78 Å². The van der Waals surface area contributed by atoms with Crippen LogP contribution in [0.2, 0.25) is 0 Å². The highest BCUT2D eigenvalue weighted by atomic mass is 19.3. The van der Waals surface area contributed by atoms with Crippen LogP contribution in [0.25, 0.3) is 0 Å². The van der Waals surface area contributed by atoms with Crippen molar-refractivity contribution in [3.63, 3.8) is 0 Å². The van der Waals surface area contributed by atoms with E-state index in [0.29, 0.717) is 18.9 Å². The lowest BCUT2D eigenvalue weighted by molar-refractivity contribution is -0.153. The lowest BCUT2D eigenvalue weighted by Gasteiger charge is -2.38. The number of hydrogen-bond acceptors (Lipinski definition) is 4. The van der Waals surface area contributed by atoms with Gasteiger partial charge < -0.3 is 10.6 Å². The molecule has 6 nitrogen and oxygen atoms in total. The maximum absolute atomic E-state index is 15.4. The van der Waals surface area contributed by atoms with Gasteiger partial charge in [0.25, 0.3) is 5.91 Å². The highest BCUT2D eigenvalue weighted by Crippen LogP contribution is 2.65. The molecule has 2 unspecified atom stereocenters. The number of rotatable bonds is 6. The molecule has 2 amide bonds. The van der Waals surface area contributed by atoms with Gasteiger partial charge in [-0.15, -0.1) is 0 Å². The van der Waals surface area contributed by atoms with Crippen LogP contribution in [0.15, 0.2) is 36.4 Å². The third kappa shape index (κ3) is 3.62. The molecule has 5 atom stereocenters. The minimum Gasteiger partial charge on any atom is -0.353 e. The van der Waals surface area contributed by atoms with Gasteiger partial charge in [-0.2, -0.15) is 8.78 Å². The van der Waals surface area contributed by atoms with Crippen LogP contribution in [0.5, 0.6) is 0 Å². The summed E-state index contributed by atoms with van der Waals surface area (Å²) in [5, 5.41) is 5.25. The zero-order valence-electron chi connectivity index (χ0n) is 19.0. The van der Waals surface area contributed by atoms with Crippen LogP contribution in [0.1, 0.15) is 47.7 Å². The van der Waals surface area contributed by atoms with Gasteiger partial charge in [-0.1, -0.05) is 0 Å². The largest absolute Gasteiger partial charge is 0.353 e. The number of aryl methyl sites for hydroxylation is 1. The average molecular weight is 489 g/mol. The fourth-order valence-electron chi connectivity index (χ4n) is 5.78. The molecule has 35 heavy (non-hydrogen) atoms. The number of amides is 2. The molecule has 2 aromatic rings. The van der Waals surface area contributed by atoms with E-state index >= 15 is 8.78 Å². The molecular formula is C25H23F4N3O3. The van der Waals surface area contributed by atoms with Crippen molar-refractivity contribution in [1.29, 1.82) is 0 Å². The Kier molecular flexibility index (Phi) is 5.28. The highest BCUT2D eigenvalue weighted by molar-refractivity contribution is 6.05. The lowest BCUT2D eigenvalue weighted by atomic mass is 9.82. The summed E-state index contributed by atoms with van der Waals surface area (Å²) in [6.07, 6.45) is 1.18. The van der Waals surface area contributed by atoms with Crippen LogP contribution >= 0.6 is 0 Å². The number of halogens is 4. The van der Waals surface area contributed by atoms with Crippen molar-refractivity contribution >= 4 is 23.3 Å². The van der Waals surface area contributed by atoms with Crippen LogP contribution in [-0.2, 0) is 15.5 Å². The second-order valence-corrected chi connectivity index (χ2v) is 9.59. The zero-order chi connectivity index (χ0) is 25.3. The molecule has 0 saturated carbocycles. The number of Topliss-reactive ketones (excluding diaryl/α,β-unsaturated/α-hetero) is 1. The summed E-state index contributed by atoms with van der Waals surface area (Å²) in [4.78, 5) is 38.8. The van der Waals surface area contributed by atoms with E-state index in [2.05, 4.69) is 10.6 Å². The van der Waals surface area contributed by atoms with E-state index < -0.39 is 46.4 Å². The molecule has 10 heteroatoms. The Morgan fingerprint density at radius 3 is 2.46 bits per heavy atom. The summed E-state index contributed by atoms with van der Waals surface area (Å²) in [5.74, 6) is -8.33. The number of carbonyl (C=O) groups is 3. The van der Waals surface area contributed by atoms with E-state index in [9.17, 15) is 23.2 Å². The maximum Gasteiger partial charge on any atom is 0.335 e. The lowest BCUT2D eigenvalue weighted by Crippen LogP contribution is -2.53. The van der Waals surface area contributed by atoms with E-state index in [4.69, 9.17) is 0 Å². The Morgan fingerprint density at radius 1 is 1.06 bits per heavy atom. The second kappa shape index (κ2) is 7.87. The number of hydrogen-bond donors (Lipinski definition) is 2. The number of benzene rings is 2. The van der Waals surface area contributed by atoms with E-state index in [1.165, 1.54) is 26.0 Å². The maximum atomic E-state index is 15.4. The first kappa shape index (κ1) is 23.5. The molecule has 0 bridgehead atoms. The van der Waals surface area contributed by atoms with E-state index in [1.54, 1.807) is 4.90 Å². The van der Waals surface area contributed by atoms with Gasteiger partial charge in [0.15, 0.2) is 0 Å². The van der Waals surface area contributed by atoms with Gasteiger partial charge in [0.1, 0.15) is 17.2 Å². The third-order valence-corrected chi connectivity index (χ3v) is 7.35. The molecule has 2 N–H and O–H groups in total. The molecule has 3 heterocycles. The first-order valence-corrected chi connectivity index (χ1v) is 11.3. The Balaban J connectivity index is 1.36. The predicted molar refractivity (Wildman–Crippen MR) is 118 cm³/mol. The van der Waals surface area contributed by atoms with Crippen molar-refractivity contribution in [1.82, 2.24) is 10.2 Å². The summed E-state index contributed by atoms with van der Waals surface area (Å²) in [7, 11) is 0. The Hall–Kier alpha value is -3.27. The summed E-state index contributed by atoms with van der Waals surface area (Å²) >= 11 is 0. The van der Waals surface area contributed by atoms with Crippen molar-refractivity contribution in [2.45, 2.75) is 62.7 Å². The van der Waals surface area contributed by atoms with Gasteiger partial charge in [0, 0.05) is 36.3 Å². The smallest absolute Gasteiger partial charge is 0.335 e. The summed E-state index contributed by atoms with van der Waals surface area (Å²) in [5.41, 5.74) is -2.27. The number of piperidine rings is 1. The minimum absolute atomic E-state index is 0.0773. The first-order chi connectivity index (χ1) is 16.4. The van der Waals surface area contributed by atoms with E-state index in [-0.39, 0.29) is 41.2 Å². The van der Waals surface area contributed by atoms with Gasteiger partial charge in [0.2, 0.25) is 11.7 Å². The molecular weight excluding hydrogens is 466 g/mol. The fourth-order valence-corrected chi connectivity index (χ4v) is 5.78. The SMILES string of the molecule is CC(=O)N[C@@H]1C[C@H]2CC3(C(=O)C(F)(F)c4cc(C(=O)Nc5ccc(F)c(C)c5)ccc4F)[C@@H](C1)N23. The summed E-state index contributed by atoms with van der Waals surface area (Å²) < 4.78 is 58.9. The van der Waals surface area contributed by atoms with Crippen LogP contribution in [0, 0.1) is 18.6 Å². The normalized spacial score (nSPS) is 28.4. The number of nitrogens with zero attached hydrogens (tertiary/aromatic N) is 1. The van der Waals surface area contributed by atoms with Gasteiger partial charge in [-0.05, 0) is 68.1 Å². The molecule has 5 rings (SSSR count). The topological polar surface area (TPSA) is 78.3 Å². The Labute approximate surface area is 198 Å². The number of fused-ring (bicyclic) bond motifs is 1. The van der Waals surface area contributed by atoms with Crippen LogP contribution in [-0.4, -0.2) is 46.2 Å². The van der Waals surface area contributed by atoms with Crippen LogP contribution < -0.4 is 10.6 Å². The first-order valence-electron chi connectivity index (χ1n) is 11.3. The predicted octanol–water partition coefficient (Wildman–Crippen LogP) is 3.68. The molecule has 3 fully saturated rings. The molecule has 2 aromatic carbocycles. The van der Waals surface area contributed by atoms with E-state index in [0.717, 1.165) is 18.2 Å². The number of alkyl halides is 2. The number of nitrogens with one attached hydrogen (secondary N) is 2. The quantitative estimate of drug-likeness (QED) is 0.480. The van der Waals surface area contributed by atoms with Crippen molar-refractivity contribution in [3.05, 3.63) is 64.7 Å². The Morgan fingerprint density at radius 2 is 1.77 bits per heavy atom. The van der Waals surface area contributed by atoms with Crippen molar-refractivity contribution in [2.75, 3.05) is 5.32 Å². The van der Waals surface area contributed by atoms with Crippen molar-refractivity contribution in [2.24, 2.45) is 0 Å². The summed E-state index contributed by atoms with van der Waals surface area (Å²) in [6, 6.07) is 5.61. The highest BCUT2D eigenvalue weighted by Gasteiger charge is 2.81. The zero-order valence-corrected chi connectivity index (χ0v) is 19.0. The second-order valence-electron chi connectivity index (χ2n) is 9.59. The van der Waals surface area contributed by atoms with Crippen molar-refractivity contribution < 1.29 is 31.9 Å². The monoisotopic (exact) mass is 489 g/mol. The number of ketones is 1. The molecule has 3 saturated heterocycles. The Bertz CT molecular complexity index is 1270. The van der Waals surface area contributed by atoms with E-state index in [1.807, 2.05) is 0 Å². The molecule has 0 aliphatic carbocycles. The minimum atomic E-state index is -4.15. The van der Waals surface area contributed by atoms with Crippen LogP contribution in [0.4, 0.5) is 23.2 Å². The van der Waals surface area contributed by atoms with Gasteiger partial charge >= 0.3 is 5.92 Å². The number of anilines is 1. The molecule has 0 radical (unpaired) electrons.